The summed E-state index contributed by atoms with van der Waals surface area (Å²) >= 11 is 0. The maximum atomic E-state index is 13.0. The van der Waals surface area contributed by atoms with Gasteiger partial charge in [-0.15, -0.1) is 0 Å². The van der Waals surface area contributed by atoms with Gasteiger partial charge in [-0.05, 0) is 105 Å². The highest BCUT2D eigenvalue weighted by molar-refractivity contribution is 6.04. The van der Waals surface area contributed by atoms with Crippen LogP contribution in [0.3, 0.4) is 0 Å². The molecule has 45 heavy (non-hydrogen) atoms. The predicted octanol–water partition coefficient (Wildman–Crippen LogP) is 7.57. The lowest BCUT2D eigenvalue weighted by Crippen LogP contribution is -2.37. The Morgan fingerprint density at radius 2 is 1.60 bits per heavy atom. The number of carbonyl (C=O) groups is 2. The summed E-state index contributed by atoms with van der Waals surface area (Å²) in [6, 6.07) is 23.9. The highest BCUT2D eigenvalue weighted by Gasteiger charge is 2.18. The number of aliphatic hydroxyl groups is 1. The second-order valence-electron chi connectivity index (χ2n) is 11.5. The largest absolute Gasteiger partial charge is 0.460 e. The van der Waals surface area contributed by atoms with Gasteiger partial charge in [-0.25, -0.2) is 4.79 Å². The summed E-state index contributed by atoms with van der Waals surface area (Å²) in [5.74, 6) is 2.74. The number of anilines is 2. The van der Waals surface area contributed by atoms with Crippen LogP contribution < -0.4 is 20.7 Å². The molecule has 0 atom stereocenters. The third-order valence-electron chi connectivity index (χ3n) is 8.12. The fourth-order valence-corrected chi connectivity index (χ4v) is 5.33. The van der Waals surface area contributed by atoms with Gasteiger partial charge in [0.15, 0.2) is 0 Å². The number of ether oxygens (including phenoxy) is 1. The number of furan rings is 1. The fraction of sp³-hybridized carbons (Fsp3) is 0.333. The van der Waals surface area contributed by atoms with Gasteiger partial charge < -0.3 is 30.2 Å². The summed E-state index contributed by atoms with van der Waals surface area (Å²) in [5.41, 5.74) is 3.65. The lowest BCUT2D eigenvalue weighted by atomic mass is 10.1. The third kappa shape index (κ3) is 8.74. The summed E-state index contributed by atoms with van der Waals surface area (Å²) in [5, 5.41) is 18.5. The van der Waals surface area contributed by atoms with Gasteiger partial charge in [0.05, 0.1) is 12.6 Å². The molecule has 0 saturated carbocycles. The van der Waals surface area contributed by atoms with Crippen LogP contribution in [0.25, 0.3) is 11.3 Å². The maximum absolute atomic E-state index is 13.0. The van der Waals surface area contributed by atoms with Crippen LogP contribution in [0.15, 0.2) is 83.3 Å². The highest BCUT2D eigenvalue weighted by atomic mass is 16.5. The zero-order valence-corrected chi connectivity index (χ0v) is 26.1. The first-order valence-electron chi connectivity index (χ1n) is 15.7. The molecule has 0 radical (unpaired) electrons. The predicted molar refractivity (Wildman–Crippen MR) is 177 cm³/mol. The standard InChI is InChI=1S/C36H42N4O5/c1-4-27(5-2)38-36(43)39-28-10-13-31(14-11-28)44-33-16-12-29(22-24(33)3)37-35(42)26-8-6-25(7-9-26)34-17-15-32(45-34)23-40-20-18-30(41)19-21-40/h6-17,22,27,30,41H,4-5,18-21,23H2,1-3H3,(H,37,42)(H2,38,39,43). The molecule has 9 nitrogen and oxygen atoms in total. The van der Waals surface area contributed by atoms with Crippen molar-refractivity contribution in [3.05, 3.63) is 95.7 Å². The molecule has 0 unspecified atom stereocenters. The molecule has 4 N–H and O–H groups in total. The van der Waals surface area contributed by atoms with E-state index >= 15 is 0 Å². The molecule has 0 spiro atoms. The normalized spacial score (nSPS) is 13.9. The number of carbonyl (C=O) groups excluding carboxylic acids is 2. The van der Waals surface area contributed by atoms with Crippen LogP contribution in [0.2, 0.25) is 0 Å². The van der Waals surface area contributed by atoms with E-state index < -0.39 is 0 Å². The molecule has 236 valence electrons. The van der Waals surface area contributed by atoms with Gasteiger partial charge in [0.25, 0.3) is 5.91 Å². The van der Waals surface area contributed by atoms with Crippen LogP contribution in [-0.2, 0) is 6.54 Å². The number of aryl methyl sites for hydroxylation is 1. The minimum absolute atomic E-state index is 0.151. The number of nitrogens with zero attached hydrogens (tertiary/aromatic N) is 1. The van der Waals surface area contributed by atoms with Crippen molar-refractivity contribution in [3.63, 3.8) is 0 Å². The van der Waals surface area contributed by atoms with Gasteiger partial charge in [0.1, 0.15) is 23.0 Å². The fourth-order valence-electron chi connectivity index (χ4n) is 5.33. The Balaban J connectivity index is 1.13. The molecule has 3 amide bonds. The molecule has 1 aliphatic rings. The first kappa shape index (κ1) is 31.8. The van der Waals surface area contributed by atoms with Gasteiger partial charge in [0, 0.05) is 41.6 Å². The van der Waals surface area contributed by atoms with E-state index in [9.17, 15) is 14.7 Å². The van der Waals surface area contributed by atoms with E-state index in [0.717, 1.165) is 68.0 Å². The van der Waals surface area contributed by atoms with Gasteiger partial charge in [-0.1, -0.05) is 26.0 Å². The Morgan fingerprint density at radius 3 is 2.27 bits per heavy atom. The van der Waals surface area contributed by atoms with Crippen molar-refractivity contribution in [2.75, 3.05) is 23.7 Å². The van der Waals surface area contributed by atoms with Crippen molar-refractivity contribution >= 4 is 23.3 Å². The Hall–Kier alpha value is -4.60. The Bertz CT molecular complexity index is 1570. The Kier molecular flexibility index (Phi) is 10.5. The van der Waals surface area contributed by atoms with Crippen LogP contribution in [0.1, 0.15) is 61.2 Å². The molecule has 1 saturated heterocycles. The van der Waals surface area contributed by atoms with E-state index in [1.807, 2.05) is 57.2 Å². The quantitative estimate of drug-likeness (QED) is 0.139. The summed E-state index contributed by atoms with van der Waals surface area (Å²) in [7, 11) is 0. The smallest absolute Gasteiger partial charge is 0.319 e. The van der Waals surface area contributed by atoms with Crippen LogP contribution in [0.5, 0.6) is 11.5 Å². The number of aliphatic hydroxyl groups excluding tert-OH is 1. The number of hydrogen-bond donors (Lipinski definition) is 4. The number of nitrogens with one attached hydrogen (secondary N) is 3. The van der Waals surface area contributed by atoms with Crippen molar-refractivity contribution in [1.82, 2.24) is 10.2 Å². The molecular weight excluding hydrogens is 568 g/mol. The van der Waals surface area contributed by atoms with Crippen LogP contribution in [-0.4, -0.2) is 47.2 Å². The number of urea groups is 1. The molecule has 1 aromatic heterocycles. The number of rotatable bonds is 11. The molecule has 5 rings (SSSR count). The second kappa shape index (κ2) is 14.9. The maximum Gasteiger partial charge on any atom is 0.319 e. The first-order valence-corrected chi connectivity index (χ1v) is 15.7. The highest BCUT2D eigenvalue weighted by Crippen LogP contribution is 2.29. The van der Waals surface area contributed by atoms with E-state index in [2.05, 4.69) is 20.9 Å². The molecule has 1 fully saturated rings. The SMILES string of the molecule is CCC(CC)NC(=O)Nc1ccc(Oc2ccc(NC(=O)c3ccc(-c4ccc(CN5CCC(O)CC5)o4)cc3)cc2C)cc1. The number of benzene rings is 3. The minimum atomic E-state index is -0.222. The van der Waals surface area contributed by atoms with Gasteiger partial charge >= 0.3 is 6.03 Å². The lowest BCUT2D eigenvalue weighted by molar-refractivity contribution is 0.0761. The van der Waals surface area contributed by atoms with E-state index in [4.69, 9.17) is 9.15 Å². The Labute approximate surface area is 264 Å². The molecule has 1 aliphatic heterocycles. The number of amides is 3. The molecule has 4 aromatic rings. The third-order valence-corrected chi connectivity index (χ3v) is 8.12. The van der Waals surface area contributed by atoms with Gasteiger partial charge in [0.2, 0.25) is 0 Å². The summed E-state index contributed by atoms with van der Waals surface area (Å²) in [6.07, 6.45) is 3.16. The molecule has 0 aliphatic carbocycles. The summed E-state index contributed by atoms with van der Waals surface area (Å²) in [6.45, 7) is 8.46. The average molecular weight is 611 g/mol. The van der Waals surface area contributed by atoms with Crippen molar-refractivity contribution in [3.8, 4) is 22.8 Å². The van der Waals surface area contributed by atoms with Crippen molar-refractivity contribution < 1.29 is 23.8 Å². The number of likely N-dealkylation sites (tertiary alicyclic amines) is 1. The summed E-state index contributed by atoms with van der Waals surface area (Å²) in [4.78, 5) is 27.5. The molecule has 0 bridgehead atoms. The summed E-state index contributed by atoms with van der Waals surface area (Å²) < 4.78 is 12.1. The van der Waals surface area contributed by atoms with Crippen molar-refractivity contribution in [2.45, 2.75) is 65.1 Å². The van der Waals surface area contributed by atoms with Crippen LogP contribution >= 0.6 is 0 Å². The minimum Gasteiger partial charge on any atom is -0.460 e. The number of hydrogen-bond acceptors (Lipinski definition) is 6. The molecular formula is C36H42N4O5. The van der Waals surface area contributed by atoms with Crippen molar-refractivity contribution in [2.24, 2.45) is 0 Å². The average Bonchev–Trinajstić information content (AvgIpc) is 3.51. The second-order valence-corrected chi connectivity index (χ2v) is 11.5. The first-order chi connectivity index (χ1) is 21.8. The van der Waals surface area contributed by atoms with E-state index in [0.29, 0.717) is 28.4 Å². The zero-order valence-electron chi connectivity index (χ0n) is 26.1. The molecule has 2 heterocycles. The van der Waals surface area contributed by atoms with Crippen molar-refractivity contribution in [1.29, 1.82) is 0 Å². The van der Waals surface area contributed by atoms with Crippen LogP contribution in [0.4, 0.5) is 16.2 Å². The van der Waals surface area contributed by atoms with Gasteiger partial charge in [-0.3, -0.25) is 9.69 Å². The molecule has 9 heteroatoms. The van der Waals surface area contributed by atoms with E-state index in [-0.39, 0.29) is 24.1 Å². The zero-order chi connectivity index (χ0) is 31.8. The topological polar surface area (TPSA) is 116 Å². The number of piperidine rings is 1. The Morgan fingerprint density at radius 1 is 0.911 bits per heavy atom. The van der Waals surface area contributed by atoms with E-state index in [1.165, 1.54) is 0 Å². The van der Waals surface area contributed by atoms with E-state index in [1.54, 1.807) is 42.5 Å². The van der Waals surface area contributed by atoms with Gasteiger partial charge in [-0.2, -0.15) is 0 Å². The van der Waals surface area contributed by atoms with Crippen LogP contribution in [0, 0.1) is 6.92 Å². The monoisotopic (exact) mass is 610 g/mol. The molecule has 3 aromatic carbocycles. The lowest BCUT2D eigenvalue weighted by Gasteiger charge is -2.28.